The topological polar surface area (TPSA) is 76.4 Å². The number of hydrogen-bond donors (Lipinski definition) is 2. The van der Waals surface area contributed by atoms with Gasteiger partial charge in [0.05, 0.1) is 24.5 Å². The molecule has 0 fully saturated rings. The van der Waals surface area contributed by atoms with Crippen molar-refractivity contribution in [3.05, 3.63) is 108 Å². The number of rotatable bonds is 8. The second-order valence-corrected chi connectivity index (χ2v) is 7.47. The largest absolute Gasteiger partial charge is 0.457 e. The Balaban J connectivity index is 1.50. The summed E-state index contributed by atoms with van der Waals surface area (Å²) < 4.78 is 7.63. The summed E-state index contributed by atoms with van der Waals surface area (Å²) in [6, 6.07) is 26.8. The lowest BCUT2D eigenvalue weighted by molar-refractivity contribution is -0.111. The van der Waals surface area contributed by atoms with Gasteiger partial charge in [-0.25, -0.2) is 0 Å². The van der Waals surface area contributed by atoms with Gasteiger partial charge in [0.15, 0.2) is 0 Å². The maximum Gasteiger partial charge on any atom is 0.248 e. The summed E-state index contributed by atoms with van der Waals surface area (Å²) in [6.45, 7) is 2.14. The predicted octanol–water partition coefficient (Wildman–Crippen LogP) is 5.40. The van der Waals surface area contributed by atoms with Gasteiger partial charge in [-0.3, -0.25) is 9.48 Å². The molecule has 0 saturated heterocycles. The number of aliphatic hydroxyl groups is 1. The fourth-order valence-corrected chi connectivity index (χ4v) is 3.43. The van der Waals surface area contributed by atoms with Crippen molar-refractivity contribution in [2.24, 2.45) is 0 Å². The van der Waals surface area contributed by atoms with Crippen molar-refractivity contribution in [1.29, 1.82) is 0 Å². The average molecular weight is 440 g/mol. The van der Waals surface area contributed by atoms with Crippen molar-refractivity contribution in [2.45, 2.75) is 20.1 Å². The lowest BCUT2D eigenvalue weighted by Crippen LogP contribution is -2.09. The first-order chi connectivity index (χ1) is 16.1. The molecule has 0 aliphatic carbocycles. The van der Waals surface area contributed by atoms with Gasteiger partial charge in [0.2, 0.25) is 5.91 Å². The molecule has 6 heteroatoms. The van der Waals surface area contributed by atoms with E-state index >= 15 is 0 Å². The molecule has 0 aliphatic rings. The van der Waals surface area contributed by atoms with Gasteiger partial charge >= 0.3 is 0 Å². The van der Waals surface area contributed by atoms with Crippen LogP contribution in [0.1, 0.15) is 18.2 Å². The first-order valence-electron chi connectivity index (χ1n) is 10.7. The normalized spacial score (nSPS) is 11.0. The molecule has 3 aromatic carbocycles. The lowest BCUT2D eigenvalue weighted by Gasteiger charge is -2.08. The average Bonchev–Trinajstić information content (AvgIpc) is 3.23. The van der Waals surface area contributed by atoms with E-state index in [0.29, 0.717) is 17.9 Å². The third-order valence-corrected chi connectivity index (χ3v) is 5.00. The minimum atomic E-state index is -0.174. The number of allylic oxidation sites excluding steroid dienone is 1. The molecule has 1 amide bonds. The molecule has 33 heavy (non-hydrogen) atoms. The monoisotopic (exact) mass is 439 g/mol. The van der Waals surface area contributed by atoms with Crippen LogP contribution in [0.3, 0.4) is 0 Å². The number of anilines is 1. The van der Waals surface area contributed by atoms with E-state index in [1.54, 1.807) is 17.7 Å². The maximum absolute atomic E-state index is 11.8. The van der Waals surface area contributed by atoms with E-state index in [9.17, 15) is 9.90 Å². The fraction of sp³-hybridized carbons (Fsp3) is 0.111. The van der Waals surface area contributed by atoms with Gasteiger partial charge in [0.25, 0.3) is 0 Å². The Kier molecular flexibility index (Phi) is 6.97. The molecule has 166 valence electrons. The van der Waals surface area contributed by atoms with Gasteiger partial charge in [0, 0.05) is 11.3 Å². The lowest BCUT2D eigenvalue weighted by atomic mass is 10.1. The number of aromatic nitrogens is 2. The molecule has 4 aromatic rings. The third kappa shape index (κ3) is 5.75. The number of carbonyl (C=O) groups excluding carboxylic acids is 1. The van der Waals surface area contributed by atoms with Gasteiger partial charge < -0.3 is 15.2 Å². The second-order valence-electron chi connectivity index (χ2n) is 7.47. The van der Waals surface area contributed by atoms with E-state index in [4.69, 9.17) is 9.84 Å². The van der Waals surface area contributed by atoms with Crippen LogP contribution in [0.15, 0.2) is 97.1 Å². The summed E-state index contributed by atoms with van der Waals surface area (Å²) in [5, 5.41) is 17.4. The minimum absolute atomic E-state index is 0.125. The highest BCUT2D eigenvalue weighted by atomic mass is 16.5. The zero-order chi connectivity index (χ0) is 23.0. The molecule has 0 radical (unpaired) electrons. The van der Waals surface area contributed by atoms with Crippen LogP contribution < -0.4 is 10.1 Å². The highest BCUT2D eigenvalue weighted by molar-refractivity contribution is 5.99. The first-order valence-corrected chi connectivity index (χ1v) is 10.7. The van der Waals surface area contributed by atoms with Gasteiger partial charge in [0.1, 0.15) is 11.5 Å². The zero-order valence-electron chi connectivity index (χ0n) is 18.3. The van der Waals surface area contributed by atoms with E-state index in [1.165, 1.54) is 6.08 Å². The van der Waals surface area contributed by atoms with Gasteiger partial charge in [-0.1, -0.05) is 36.4 Å². The summed E-state index contributed by atoms with van der Waals surface area (Å²) in [7, 11) is 0. The number of benzene rings is 3. The summed E-state index contributed by atoms with van der Waals surface area (Å²) in [6.07, 6.45) is 3.17. The summed E-state index contributed by atoms with van der Waals surface area (Å²) in [4.78, 5) is 11.8. The third-order valence-electron chi connectivity index (χ3n) is 5.00. The first kappa shape index (κ1) is 22.0. The molecule has 0 bridgehead atoms. The standard InChI is InChI=1S/C27H25N3O3/c1-2-7-27(32)28-22-9-6-8-20(16-22)18-30-23(19-31)17-26(29-30)21-12-14-25(15-13-21)33-24-10-4-3-5-11-24/h2-17,31H,18-19H2,1H3,(H,28,32)/b7-2+. The molecular weight excluding hydrogens is 414 g/mol. The van der Waals surface area contributed by atoms with Crippen LogP contribution in [-0.2, 0) is 17.9 Å². The van der Waals surface area contributed by atoms with E-state index in [-0.39, 0.29) is 12.5 Å². The number of nitrogens with zero attached hydrogens (tertiary/aromatic N) is 2. The van der Waals surface area contributed by atoms with Crippen LogP contribution in [0.5, 0.6) is 11.5 Å². The molecule has 1 aromatic heterocycles. The molecule has 0 saturated carbocycles. The molecule has 6 nitrogen and oxygen atoms in total. The van der Waals surface area contributed by atoms with Gasteiger partial charge in [-0.2, -0.15) is 5.10 Å². The van der Waals surface area contributed by atoms with E-state index in [0.717, 1.165) is 28.3 Å². The van der Waals surface area contributed by atoms with Crippen LogP contribution >= 0.6 is 0 Å². The smallest absolute Gasteiger partial charge is 0.248 e. The van der Waals surface area contributed by atoms with Crippen molar-refractivity contribution < 1.29 is 14.6 Å². The predicted molar refractivity (Wildman–Crippen MR) is 129 cm³/mol. The van der Waals surface area contributed by atoms with Crippen LogP contribution in [0.4, 0.5) is 5.69 Å². The summed E-state index contributed by atoms with van der Waals surface area (Å²) in [5.41, 5.74) is 4.07. The number of aliphatic hydroxyl groups excluding tert-OH is 1. The Morgan fingerprint density at radius 3 is 2.48 bits per heavy atom. The quantitative estimate of drug-likeness (QED) is 0.361. The van der Waals surface area contributed by atoms with Crippen LogP contribution in [-0.4, -0.2) is 20.8 Å². The summed E-state index contributed by atoms with van der Waals surface area (Å²) in [5.74, 6) is 1.34. The SMILES string of the molecule is C/C=C/C(=O)Nc1cccc(Cn2nc(-c3ccc(Oc4ccccc4)cc3)cc2CO)c1. The Labute approximate surface area is 192 Å². The Morgan fingerprint density at radius 1 is 1.00 bits per heavy atom. The molecule has 1 heterocycles. The second kappa shape index (κ2) is 10.4. The van der Waals surface area contributed by atoms with Crippen molar-refractivity contribution in [3.63, 3.8) is 0 Å². The molecule has 0 spiro atoms. The number of para-hydroxylation sites is 1. The Morgan fingerprint density at radius 2 is 1.76 bits per heavy atom. The maximum atomic E-state index is 11.8. The molecular formula is C27H25N3O3. The molecule has 4 rings (SSSR count). The fourth-order valence-electron chi connectivity index (χ4n) is 3.43. The number of amides is 1. The number of carbonyl (C=O) groups is 1. The van der Waals surface area contributed by atoms with Crippen LogP contribution in [0.25, 0.3) is 11.3 Å². The van der Waals surface area contributed by atoms with Crippen molar-refractivity contribution in [1.82, 2.24) is 9.78 Å². The van der Waals surface area contributed by atoms with E-state index < -0.39 is 0 Å². The van der Waals surface area contributed by atoms with Crippen molar-refractivity contribution >= 4 is 11.6 Å². The van der Waals surface area contributed by atoms with Gasteiger partial charge in [-0.05, 0) is 73.2 Å². The van der Waals surface area contributed by atoms with Crippen molar-refractivity contribution in [2.75, 3.05) is 5.32 Å². The molecule has 0 atom stereocenters. The number of ether oxygens (including phenoxy) is 1. The van der Waals surface area contributed by atoms with Gasteiger partial charge in [-0.15, -0.1) is 0 Å². The molecule has 0 aliphatic heterocycles. The highest BCUT2D eigenvalue weighted by Crippen LogP contribution is 2.26. The van der Waals surface area contributed by atoms with Crippen molar-refractivity contribution in [3.8, 4) is 22.8 Å². The number of hydrogen-bond acceptors (Lipinski definition) is 4. The minimum Gasteiger partial charge on any atom is -0.457 e. The molecule has 2 N–H and O–H groups in total. The highest BCUT2D eigenvalue weighted by Gasteiger charge is 2.11. The number of nitrogens with one attached hydrogen (secondary N) is 1. The Hall–Kier alpha value is -4.16. The van der Waals surface area contributed by atoms with E-state index in [1.807, 2.05) is 84.9 Å². The van der Waals surface area contributed by atoms with Crippen LogP contribution in [0.2, 0.25) is 0 Å². The molecule has 0 unspecified atom stereocenters. The summed E-state index contributed by atoms with van der Waals surface area (Å²) >= 11 is 0. The van der Waals surface area contributed by atoms with Crippen LogP contribution in [0, 0.1) is 0 Å². The Bertz CT molecular complexity index is 1250. The van der Waals surface area contributed by atoms with E-state index in [2.05, 4.69) is 5.32 Å². The zero-order valence-corrected chi connectivity index (χ0v) is 18.3.